The average Bonchev–Trinajstić information content (AvgIpc) is 2.09. The van der Waals surface area contributed by atoms with Gasteiger partial charge in [0.2, 0.25) is 0 Å². The highest BCUT2D eigenvalue weighted by Gasteiger charge is 2.07. The van der Waals surface area contributed by atoms with Crippen molar-refractivity contribution in [3.63, 3.8) is 0 Å². The molecule has 0 rings (SSSR count). The van der Waals surface area contributed by atoms with Crippen molar-refractivity contribution in [2.24, 2.45) is 11.7 Å². The van der Waals surface area contributed by atoms with Gasteiger partial charge in [0, 0.05) is 13.0 Å². The third-order valence-corrected chi connectivity index (χ3v) is 2.33. The molecule has 0 saturated heterocycles. The first-order valence-corrected chi connectivity index (χ1v) is 5.87. The summed E-state index contributed by atoms with van der Waals surface area (Å²) in [4.78, 5) is 0.556. The maximum Gasteiger partial charge on any atom is 0.0753 e. The predicted octanol–water partition coefficient (Wildman–Crippen LogP) is 2.89. The van der Waals surface area contributed by atoms with E-state index in [1.165, 1.54) is 6.42 Å². The van der Waals surface area contributed by atoms with Crippen LogP contribution < -0.4 is 5.73 Å². The van der Waals surface area contributed by atoms with Crippen molar-refractivity contribution in [2.75, 3.05) is 6.61 Å². The van der Waals surface area contributed by atoms with E-state index < -0.39 is 0 Å². The van der Waals surface area contributed by atoms with Crippen LogP contribution in [0.2, 0.25) is 0 Å². The molecule has 0 bridgehead atoms. The fourth-order valence-corrected chi connectivity index (χ4v) is 1.47. The lowest BCUT2D eigenvalue weighted by molar-refractivity contribution is 0.0520. The molecule has 1 unspecified atom stereocenters. The normalized spacial score (nSPS) is 13.1. The van der Waals surface area contributed by atoms with Crippen molar-refractivity contribution in [3.05, 3.63) is 0 Å². The Balaban J connectivity index is 3.47. The Morgan fingerprint density at radius 1 is 1.43 bits per heavy atom. The average molecular weight is 217 g/mol. The van der Waals surface area contributed by atoms with E-state index in [1.54, 1.807) is 0 Å². The van der Waals surface area contributed by atoms with Crippen molar-refractivity contribution in [2.45, 2.75) is 52.6 Å². The Kier molecular flexibility index (Phi) is 8.09. The minimum atomic E-state index is 0.222. The fraction of sp³-hybridized carbons (Fsp3) is 0.909. The largest absolute Gasteiger partial charge is 0.393 e. The second-order valence-corrected chi connectivity index (χ2v) is 4.63. The van der Waals surface area contributed by atoms with Gasteiger partial charge in [-0.1, -0.05) is 33.0 Å². The van der Waals surface area contributed by atoms with E-state index in [0.29, 0.717) is 11.4 Å². The molecule has 84 valence electrons. The number of nitrogens with two attached hydrogens (primary N) is 1. The minimum absolute atomic E-state index is 0.222. The zero-order chi connectivity index (χ0) is 11.0. The molecule has 0 radical (unpaired) electrons. The van der Waals surface area contributed by atoms with Gasteiger partial charge in [-0.15, -0.1) is 0 Å². The maximum atomic E-state index is 5.68. The second-order valence-electron chi connectivity index (χ2n) is 4.11. The highest BCUT2D eigenvalue weighted by atomic mass is 32.1. The molecule has 0 aromatic heterocycles. The summed E-state index contributed by atoms with van der Waals surface area (Å²) < 4.78 is 5.68. The summed E-state index contributed by atoms with van der Waals surface area (Å²) in [5.41, 5.74) is 5.47. The van der Waals surface area contributed by atoms with Crippen molar-refractivity contribution < 1.29 is 4.74 Å². The summed E-state index contributed by atoms with van der Waals surface area (Å²) >= 11 is 4.86. The van der Waals surface area contributed by atoms with Crippen molar-refractivity contribution in [1.82, 2.24) is 0 Å². The smallest absolute Gasteiger partial charge is 0.0753 e. The summed E-state index contributed by atoms with van der Waals surface area (Å²) in [5.74, 6) is 0.759. The summed E-state index contributed by atoms with van der Waals surface area (Å²) in [6.45, 7) is 7.39. The van der Waals surface area contributed by atoms with Crippen LogP contribution in [0.25, 0.3) is 0 Å². The van der Waals surface area contributed by atoms with Gasteiger partial charge in [0.1, 0.15) is 0 Å². The van der Waals surface area contributed by atoms with Gasteiger partial charge in [0.15, 0.2) is 0 Å². The van der Waals surface area contributed by atoms with Gasteiger partial charge in [0.05, 0.1) is 11.1 Å². The van der Waals surface area contributed by atoms with Gasteiger partial charge in [-0.3, -0.25) is 0 Å². The lowest BCUT2D eigenvalue weighted by Gasteiger charge is -2.15. The SMILES string of the molecule is CCC(CC(N)=S)OCCCC(C)C. The molecule has 0 aromatic rings. The lowest BCUT2D eigenvalue weighted by Crippen LogP contribution is -2.21. The molecule has 3 heteroatoms. The number of thiocarbonyl (C=S) groups is 1. The molecule has 2 N–H and O–H groups in total. The van der Waals surface area contributed by atoms with Crippen LogP contribution in [0.15, 0.2) is 0 Å². The third kappa shape index (κ3) is 8.45. The first-order valence-electron chi connectivity index (χ1n) is 5.46. The van der Waals surface area contributed by atoms with E-state index in [1.807, 2.05) is 0 Å². The lowest BCUT2D eigenvalue weighted by atomic mass is 10.1. The van der Waals surface area contributed by atoms with E-state index in [4.69, 9.17) is 22.7 Å². The van der Waals surface area contributed by atoms with Gasteiger partial charge in [-0.05, 0) is 25.2 Å². The van der Waals surface area contributed by atoms with Gasteiger partial charge < -0.3 is 10.5 Å². The molecule has 0 aromatic carbocycles. The van der Waals surface area contributed by atoms with Crippen LogP contribution in [-0.4, -0.2) is 17.7 Å². The van der Waals surface area contributed by atoms with E-state index in [2.05, 4.69) is 20.8 Å². The van der Waals surface area contributed by atoms with Crippen LogP contribution in [0, 0.1) is 5.92 Å². The fourth-order valence-electron chi connectivity index (χ4n) is 1.29. The van der Waals surface area contributed by atoms with Crippen molar-refractivity contribution >= 4 is 17.2 Å². The molecule has 14 heavy (non-hydrogen) atoms. The van der Waals surface area contributed by atoms with Crippen molar-refractivity contribution in [3.8, 4) is 0 Å². The maximum absolute atomic E-state index is 5.68. The molecule has 0 heterocycles. The number of hydrogen-bond acceptors (Lipinski definition) is 2. The van der Waals surface area contributed by atoms with Crippen LogP contribution in [0.3, 0.4) is 0 Å². The molecule has 0 fully saturated rings. The molecule has 0 aliphatic rings. The van der Waals surface area contributed by atoms with E-state index >= 15 is 0 Å². The Hall–Kier alpha value is -0.150. The predicted molar refractivity (Wildman–Crippen MR) is 65.5 cm³/mol. The number of hydrogen-bond donors (Lipinski definition) is 1. The number of rotatable bonds is 8. The summed E-state index contributed by atoms with van der Waals surface area (Å²) in [7, 11) is 0. The minimum Gasteiger partial charge on any atom is -0.393 e. The summed E-state index contributed by atoms with van der Waals surface area (Å²) in [6, 6.07) is 0. The van der Waals surface area contributed by atoms with Crippen LogP contribution >= 0.6 is 12.2 Å². The summed E-state index contributed by atoms with van der Waals surface area (Å²) in [6.07, 6.45) is 4.28. The quantitative estimate of drug-likeness (QED) is 0.501. The Morgan fingerprint density at radius 2 is 2.07 bits per heavy atom. The highest BCUT2D eigenvalue weighted by Crippen LogP contribution is 2.08. The van der Waals surface area contributed by atoms with Gasteiger partial charge in [-0.2, -0.15) is 0 Å². The Bertz CT molecular complexity index is 159. The van der Waals surface area contributed by atoms with Crippen LogP contribution in [-0.2, 0) is 4.74 Å². The second kappa shape index (κ2) is 8.18. The van der Waals surface area contributed by atoms with E-state index in [-0.39, 0.29) is 6.10 Å². The summed E-state index contributed by atoms with van der Waals surface area (Å²) in [5, 5.41) is 0. The molecular weight excluding hydrogens is 194 g/mol. The zero-order valence-electron chi connectivity index (χ0n) is 9.58. The van der Waals surface area contributed by atoms with Crippen molar-refractivity contribution in [1.29, 1.82) is 0 Å². The molecule has 2 nitrogen and oxygen atoms in total. The van der Waals surface area contributed by atoms with Gasteiger partial charge >= 0.3 is 0 Å². The first-order chi connectivity index (χ1) is 6.56. The van der Waals surface area contributed by atoms with Crippen LogP contribution in [0.5, 0.6) is 0 Å². The zero-order valence-corrected chi connectivity index (χ0v) is 10.4. The standard InChI is InChI=1S/C11H23NOS/c1-4-10(8-11(12)14)13-7-5-6-9(2)3/h9-10H,4-8H2,1-3H3,(H2,12,14). The molecule has 0 amide bonds. The molecule has 0 aliphatic carbocycles. The van der Waals surface area contributed by atoms with E-state index in [9.17, 15) is 0 Å². The molecular formula is C11H23NOS. The topological polar surface area (TPSA) is 35.2 Å². The van der Waals surface area contributed by atoms with E-state index in [0.717, 1.165) is 25.4 Å². The first kappa shape index (κ1) is 13.8. The number of ether oxygens (including phenoxy) is 1. The molecule has 1 atom stereocenters. The molecule has 0 spiro atoms. The third-order valence-electron chi connectivity index (χ3n) is 2.16. The van der Waals surface area contributed by atoms with Gasteiger partial charge in [0.25, 0.3) is 0 Å². The molecule has 0 saturated carbocycles. The molecule has 0 aliphatic heterocycles. The highest BCUT2D eigenvalue weighted by molar-refractivity contribution is 7.80. The Morgan fingerprint density at radius 3 is 2.50 bits per heavy atom. The van der Waals surface area contributed by atoms with Crippen LogP contribution in [0.1, 0.15) is 46.5 Å². The van der Waals surface area contributed by atoms with Crippen LogP contribution in [0.4, 0.5) is 0 Å². The van der Waals surface area contributed by atoms with Gasteiger partial charge in [-0.25, -0.2) is 0 Å². The monoisotopic (exact) mass is 217 g/mol. The Labute approximate surface area is 93.2 Å².